The van der Waals surface area contributed by atoms with Crippen LogP contribution in [0.1, 0.15) is 23.2 Å². The summed E-state index contributed by atoms with van der Waals surface area (Å²) in [6.07, 6.45) is -1.06. The first-order valence-electron chi connectivity index (χ1n) is 5.87. The minimum Gasteiger partial charge on any atom is -0.493 e. The summed E-state index contributed by atoms with van der Waals surface area (Å²) in [6, 6.07) is 14.5. The highest BCUT2D eigenvalue weighted by molar-refractivity contribution is 6.30. The van der Waals surface area contributed by atoms with Gasteiger partial charge in [0.15, 0.2) is 0 Å². The lowest BCUT2D eigenvalue weighted by Crippen LogP contribution is -2.08. The highest BCUT2D eigenvalue weighted by Gasteiger charge is 2.32. The molecule has 1 aliphatic rings. The fraction of sp³-hybridized carbons (Fsp3) is 0.200. The van der Waals surface area contributed by atoms with E-state index >= 15 is 0 Å². The van der Waals surface area contributed by atoms with E-state index in [4.69, 9.17) is 16.3 Å². The van der Waals surface area contributed by atoms with Crippen molar-refractivity contribution in [3.8, 4) is 5.75 Å². The van der Waals surface area contributed by atoms with Gasteiger partial charge in [0.05, 0.1) is 12.5 Å². The van der Waals surface area contributed by atoms with Crippen molar-refractivity contribution in [1.82, 2.24) is 0 Å². The van der Waals surface area contributed by atoms with E-state index in [1.807, 2.05) is 18.2 Å². The van der Waals surface area contributed by atoms with E-state index in [9.17, 15) is 4.39 Å². The van der Waals surface area contributed by atoms with Crippen LogP contribution in [0.2, 0.25) is 5.02 Å². The van der Waals surface area contributed by atoms with Crippen LogP contribution in [-0.2, 0) is 0 Å². The molecule has 0 spiro atoms. The average molecular weight is 263 g/mol. The quantitative estimate of drug-likeness (QED) is 0.773. The molecule has 1 nitrogen and oxygen atoms in total. The zero-order chi connectivity index (χ0) is 12.5. The molecule has 18 heavy (non-hydrogen) atoms. The summed E-state index contributed by atoms with van der Waals surface area (Å²) in [5.74, 6) is 0.462. The first-order chi connectivity index (χ1) is 8.75. The number of hydrogen-bond acceptors (Lipinski definition) is 1. The maximum Gasteiger partial charge on any atom is 0.135 e. The molecule has 0 aromatic heterocycles. The molecule has 92 valence electrons. The Kier molecular flexibility index (Phi) is 2.96. The average Bonchev–Trinajstić information content (AvgIpc) is 2.82. The van der Waals surface area contributed by atoms with Crippen molar-refractivity contribution in [2.75, 3.05) is 6.61 Å². The molecule has 2 aromatic rings. The zero-order valence-corrected chi connectivity index (χ0v) is 10.4. The number of fused-ring (bicyclic) bond motifs is 1. The molecular weight excluding hydrogens is 251 g/mol. The van der Waals surface area contributed by atoms with Crippen LogP contribution in [-0.4, -0.2) is 6.61 Å². The zero-order valence-electron chi connectivity index (χ0n) is 9.64. The number of alkyl halides is 1. The molecule has 0 saturated carbocycles. The molecule has 3 rings (SSSR count). The van der Waals surface area contributed by atoms with E-state index in [1.54, 1.807) is 30.3 Å². The summed E-state index contributed by atoms with van der Waals surface area (Å²) in [5, 5.41) is 0.615. The number of ether oxygens (including phenoxy) is 1. The summed E-state index contributed by atoms with van der Waals surface area (Å²) in [7, 11) is 0. The van der Waals surface area contributed by atoms with Crippen LogP contribution in [0.25, 0.3) is 0 Å². The van der Waals surface area contributed by atoms with E-state index in [0.717, 1.165) is 11.3 Å². The Balaban J connectivity index is 1.94. The molecule has 2 unspecified atom stereocenters. The first-order valence-corrected chi connectivity index (χ1v) is 6.25. The van der Waals surface area contributed by atoms with Gasteiger partial charge in [-0.1, -0.05) is 41.9 Å². The molecule has 0 fully saturated rings. The van der Waals surface area contributed by atoms with Gasteiger partial charge in [0, 0.05) is 10.6 Å². The number of hydrogen-bond donors (Lipinski definition) is 0. The van der Waals surface area contributed by atoms with E-state index in [0.29, 0.717) is 17.2 Å². The highest BCUT2D eigenvalue weighted by atomic mass is 35.5. The van der Waals surface area contributed by atoms with Crippen LogP contribution in [0.5, 0.6) is 5.75 Å². The third-order valence-electron chi connectivity index (χ3n) is 3.26. The monoisotopic (exact) mass is 262 g/mol. The molecular formula is C15H12ClFO. The maximum atomic E-state index is 14.5. The van der Waals surface area contributed by atoms with Crippen molar-refractivity contribution >= 4 is 11.6 Å². The van der Waals surface area contributed by atoms with Crippen LogP contribution in [0, 0.1) is 0 Å². The van der Waals surface area contributed by atoms with Gasteiger partial charge >= 0.3 is 0 Å². The van der Waals surface area contributed by atoms with Gasteiger partial charge in [-0.2, -0.15) is 0 Å². The molecule has 1 heterocycles. The Hall–Kier alpha value is -1.54. The SMILES string of the molecule is FC(c1ccccc1)C1COc2ccc(Cl)cc21. The highest BCUT2D eigenvalue weighted by Crippen LogP contribution is 2.43. The Labute approximate surface area is 110 Å². The molecule has 2 aromatic carbocycles. The van der Waals surface area contributed by atoms with Gasteiger partial charge in [0.1, 0.15) is 11.9 Å². The van der Waals surface area contributed by atoms with Crippen molar-refractivity contribution in [3.63, 3.8) is 0 Å². The molecule has 2 atom stereocenters. The second-order valence-corrected chi connectivity index (χ2v) is 4.85. The van der Waals surface area contributed by atoms with Crippen molar-refractivity contribution < 1.29 is 9.13 Å². The van der Waals surface area contributed by atoms with Crippen molar-refractivity contribution in [2.45, 2.75) is 12.1 Å². The van der Waals surface area contributed by atoms with Crippen LogP contribution < -0.4 is 4.74 Å². The van der Waals surface area contributed by atoms with Crippen molar-refractivity contribution in [1.29, 1.82) is 0 Å². The summed E-state index contributed by atoms with van der Waals surface area (Å²) < 4.78 is 20.0. The van der Waals surface area contributed by atoms with Gasteiger partial charge in [0.2, 0.25) is 0 Å². The van der Waals surface area contributed by atoms with Crippen molar-refractivity contribution in [2.24, 2.45) is 0 Å². The van der Waals surface area contributed by atoms with Gasteiger partial charge in [-0.3, -0.25) is 0 Å². The smallest absolute Gasteiger partial charge is 0.135 e. The van der Waals surface area contributed by atoms with Gasteiger partial charge < -0.3 is 4.74 Å². The lowest BCUT2D eigenvalue weighted by molar-refractivity contribution is 0.236. The molecule has 0 saturated heterocycles. The largest absolute Gasteiger partial charge is 0.493 e. The predicted octanol–water partition coefficient (Wildman–Crippen LogP) is 4.53. The van der Waals surface area contributed by atoms with E-state index in [1.165, 1.54) is 0 Å². The van der Waals surface area contributed by atoms with Crippen LogP contribution in [0.4, 0.5) is 4.39 Å². The fourth-order valence-electron chi connectivity index (χ4n) is 2.32. The lowest BCUT2D eigenvalue weighted by atomic mass is 9.92. The third-order valence-corrected chi connectivity index (χ3v) is 3.50. The summed E-state index contributed by atoms with van der Waals surface area (Å²) in [4.78, 5) is 0. The van der Waals surface area contributed by atoms with Gasteiger partial charge in [0.25, 0.3) is 0 Å². The summed E-state index contributed by atoms with van der Waals surface area (Å²) in [5.41, 5.74) is 1.54. The second kappa shape index (κ2) is 4.62. The number of benzene rings is 2. The standard InChI is InChI=1S/C15H12ClFO/c16-11-6-7-14-12(8-11)13(9-18-14)15(17)10-4-2-1-3-5-10/h1-8,13,15H,9H2. The normalized spacial score (nSPS) is 19.1. The van der Waals surface area contributed by atoms with Gasteiger partial charge in [-0.05, 0) is 23.8 Å². The molecule has 0 bridgehead atoms. The topological polar surface area (TPSA) is 9.23 Å². The second-order valence-electron chi connectivity index (χ2n) is 4.41. The van der Waals surface area contributed by atoms with Gasteiger partial charge in [-0.25, -0.2) is 4.39 Å². The Morgan fingerprint density at radius 3 is 2.72 bits per heavy atom. The summed E-state index contributed by atoms with van der Waals surface area (Å²) in [6.45, 7) is 0.367. The predicted molar refractivity (Wildman–Crippen MR) is 70.0 cm³/mol. The van der Waals surface area contributed by atoms with Crippen LogP contribution in [0.15, 0.2) is 48.5 Å². The van der Waals surface area contributed by atoms with E-state index < -0.39 is 6.17 Å². The van der Waals surface area contributed by atoms with Gasteiger partial charge in [-0.15, -0.1) is 0 Å². The van der Waals surface area contributed by atoms with E-state index in [2.05, 4.69) is 0 Å². The number of halogens is 2. The first kappa shape index (κ1) is 11.5. The van der Waals surface area contributed by atoms with Crippen molar-refractivity contribution in [3.05, 3.63) is 64.7 Å². The Morgan fingerprint density at radius 1 is 1.17 bits per heavy atom. The summed E-state index contributed by atoms with van der Waals surface area (Å²) >= 11 is 5.96. The van der Waals surface area contributed by atoms with Crippen LogP contribution >= 0.6 is 11.6 Å². The molecule has 0 amide bonds. The minimum absolute atomic E-state index is 0.277. The molecule has 0 aliphatic carbocycles. The van der Waals surface area contributed by atoms with Crippen LogP contribution in [0.3, 0.4) is 0 Å². The molecule has 0 radical (unpaired) electrons. The molecule has 0 N–H and O–H groups in total. The van der Waals surface area contributed by atoms with E-state index in [-0.39, 0.29) is 5.92 Å². The third kappa shape index (κ3) is 1.97. The Morgan fingerprint density at radius 2 is 1.94 bits per heavy atom. The molecule has 1 aliphatic heterocycles. The maximum absolute atomic E-state index is 14.5. The minimum atomic E-state index is -1.06. The molecule has 3 heteroatoms. The lowest BCUT2D eigenvalue weighted by Gasteiger charge is -2.15. The fourth-order valence-corrected chi connectivity index (χ4v) is 2.50. The number of rotatable bonds is 2. The Bertz CT molecular complexity index is 556.